The first-order valence-electron chi connectivity index (χ1n) is 12.5. The lowest BCUT2D eigenvalue weighted by molar-refractivity contribution is 0.0589. The van der Waals surface area contributed by atoms with Crippen LogP contribution < -0.4 is 0 Å². The Morgan fingerprint density at radius 1 is 0.683 bits per heavy atom. The standard InChI is InChI=1S/C32H25N3O5S/c1-39-31(37)29-21(15-19(17-27(29)36)23-9-4-6-13-33-23)25-11-8-12-26(35-25)22-16-20(24-10-5-7-14-34-24)18-28(41-3)30(22)32(38)40-2/h4-18,36H,1-3H3. The van der Waals surface area contributed by atoms with Crippen molar-refractivity contribution in [1.29, 1.82) is 0 Å². The molecule has 0 saturated carbocycles. The highest BCUT2D eigenvalue weighted by atomic mass is 32.2. The number of phenols is 1. The van der Waals surface area contributed by atoms with Gasteiger partial charge in [-0.1, -0.05) is 18.2 Å². The Balaban J connectivity index is 1.75. The van der Waals surface area contributed by atoms with Crippen LogP contribution in [0.4, 0.5) is 0 Å². The molecule has 0 amide bonds. The Labute approximate surface area is 241 Å². The summed E-state index contributed by atoms with van der Waals surface area (Å²) in [5.74, 6) is -1.48. The maximum absolute atomic E-state index is 13.0. The number of aromatic hydroxyl groups is 1. The van der Waals surface area contributed by atoms with Gasteiger partial charge in [0.15, 0.2) is 0 Å². The number of esters is 2. The van der Waals surface area contributed by atoms with E-state index in [0.717, 1.165) is 11.3 Å². The van der Waals surface area contributed by atoms with Crippen molar-refractivity contribution in [3.8, 4) is 50.8 Å². The zero-order valence-electron chi connectivity index (χ0n) is 22.5. The van der Waals surface area contributed by atoms with E-state index < -0.39 is 11.9 Å². The highest BCUT2D eigenvalue weighted by molar-refractivity contribution is 7.98. The van der Waals surface area contributed by atoms with Crippen molar-refractivity contribution in [2.75, 3.05) is 20.5 Å². The lowest BCUT2D eigenvalue weighted by atomic mass is 9.96. The number of carbonyl (C=O) groups excluding carboxylic acids is 2. The highest BCUT2D eigenvalue weighted by Crippen LogP contribution is 2.38. The van der Waals surface area contributed by atoms with Crippen molar-refractivity contribution in [3.63, 3.8) is 0 Å². The number of thioether (sulfide) groups is 1. The molecule has 0 aliphatic carbocycles. The van der Waals surface area contributed by atoms with Crippen LogP contribution in [-0.2, 0) is 9.47 Å². The van der Waals surface area contributed by atoms with Gasteiger partial charge in [0.1, 0.15) is 11.3 Å². The summed E-state index contributed by atoms with van der Waals surface area (Å²) >= 11 is 1.41. The second-order valence-corrected chi connectivity index (χ2v) is 9.69. The number of aromatic nitrogens is 3. The molecule has 3 heterocycles. The third-order valence-electron chi connectivity index (χ3n) is 6.44. The largest absolute Gasteiger partial charge is 0.507 e. The van der Waals surface area contributed by atoms with Crippen LogP contribution in [0.1, 0.15) is 20.7 Å². The lowest BCUT2D eigenvalue weighted by Gasteiger charge is -2.16. The molecule has 2 aromatic carbocycles. The van der Waals surface area contributed by atoms with E-state index in [1.54, 1.807) is 48.8 Å². The van der Waals surface area contributed by atoms with Crippen molar-refractivity contribution < 1.29 is 24.2 Å². The fourth-order valence-electron chi connectivity index (χ4n) is 4.53. The Morgan fingerprint density at radius 3 is 1.71 bits per heavy atom. The molecule has 3 aromatic heterocycles. The van der Waals surface area contributed by atoms with Gasteiger partial charge in [-0.05, 0) is 66.9 Å². The van der Waals surface area contributed by atoms with Crippen LogP contribution in [-0.4, -0.2) is 52.5 Å². The minimum Gasteiger partial charge on any atom is -0.507 e. The summed E-state index contributed by atoms with van der Waals surface area (Å²) in [7, 11) is 2.58. The lowest BCUT2D eigenvalue weighted by Crippen LogP contribution is -2.08. The van der Waals surface area contributed by atoms with Crippen LogP contribution in [0.5, 0.6) is 5.75 Å². The van der Waals surface area contributed by atoms with E-state index in [0.29, 0.717) is 44.2 Å². The predicted molar refractivity (Wildman–Crippen MR) is 158 cm³/mol. The van der Waals surface area contributed by atoms with Crippen molar-refractivity contribution in [1.82, 2.24) is 15.0 Å². The first-order chi connectivity index (χ1) is 19.9. The van der Waals surface area contributed by atoms with Gasteiger partial charge in [0.2, 0.25) is 0 Å². The molecule has 9 heteroatoms. The number of phenolic OH excluding ortho intramolecular Hbond substituents is 1. The van der Waals surface area contributed by atoms with Gasteiger partial charge in [0.25, 0.3) is 0 Å². The number of hydrogen-bond acceptors (Lipinski definition) is 9. The quantitative estimate of drug-likeness (QED) is 0.174. The van der Waals surface area contributed by atoms with E-state index in [9.17, 15) is 14.7 Å². The van der Waals surface area contributed by atoms with E-state index in [-0.39, 0.29) is 11.3 Å². The summed E-state index contributed by atoms with van der Waals surface area (Å²) in [6.07, 6.45) is 5.23. The van der Waals surface area contributed by atoms with E-state index in [2.05, 4.69) is 9.97 Å². The Hall–Kier alpha value is -5.02. The molecule has 0 aliphatic heterocycles. The molecule has 8 nitrogen and oxygen atoms in total. The minimum atomic E-state index is -0.714. The molecular formula is C32H25N3O5S. The molecule has 0 bridgehead atoms. The van der Waals surface area contributed by atoms with Crippen LogP contribution in [0, 0.1) is 0 Å². The van der Waals surface area contributed by atoms with Gasteiger partial charge in [-0.3, -0.25) is 9.97 Å². The molecule has 0 unspecified atom stereocenters. The fraction of sp³-hybridized carbons (Fsp3) is 0.0938. The number of ether oxygens (including phenoxy) is 2. The maximum Gasteiger partial charge on any atom is 0.342 e. The third-order valence-corrected chi connectivity index (χ3v) is 7.20. The third kappa shape index (κ3) is 5.53. The molecule has 0 aliphatic rings. The van der Waals surface area contributed by atoms with Gasteiger partial charge >= 0.3 is 11.9 Å². The van der Waals surface area contributed by atoms with Crippen molar-refractivity contribution >= 4 is 23.7 Å². The monoisotopic (exact) mass is 563 g/mol. The van der Waals surface area contributed by atoms with Gasteiger partial charge in [0, 0.05) is 39.5 Å². The molecule has 0 spiro atoms. The normalized spacial score (nSPS) is 10.7. The van der Waals surface area contributed by atoms with Gasteiger partial charge < -0.3 is 14.6 Å². The zero-order valence-corrected chi connectivity index (χ0v) is 23.3. The molecule has 5 aromatic rings. The van der Waals surface area contributed by atoms with Crippen LogP contribution in [0.15, 0.2) is 96.2 Å². The summed E-state index contributed by atoms with van der Waals surface area (Å²) in [5, 5.41) is 10.9. The average Bonchev–Trinajstić information content (AvgIpc) is 3.03. The summed E-state index contributed by atoms with van der Waals surface area (Å²) in [6.45, 7) is 0. The second-order valence-electron chi connectivity index (χ2n) is 8.84. The summed E-state index contributed by atoms with van der Waals surface area (Å²) in [6, 6.07) is 23.3. The molecule has 0 saturated heterocycles. The van der Waals surface area contributed by atoms with E-state index in [4.69, 9.17) is 14.5 Å². The van der Waals surface area contributed by atoms with Gasteiger partial charge in [0.05, 0.1) is 42.6 Å². The first kappa shape index (κ1) is 27.5. The molecule has 5 rings (SSSR count). The van der Waals surface area contributed by atoms with Crippen molar-refractivity contribution in [3.05, 3.63) is 102 Å². The summed E-state index contributed by atoms with van der Waals surface area (Å²) in [4.78, 5) is 40.3. The number of nitrogens with zero attached hydrogens (tertiary/aromatic N) is 3. The van der Waals surface area contributed by atoms with E-state index in [1.807, 2.05) is 42.7 Å². The number of benzene rings is 2. The molecule has 1 N–H and O–H groups in total. The highest BCUT2D eigenvalue weighted by Gasteiger charge is 2.24. The first-order valence-corrected chi connectivity index (χ1v) is 13.7. The predicted octanol–water partition coefficient (Wildman–Crippen LogP) is 6.54. The SMILES string of the molecule is COC(=O)c1c(O)cc(-c2ccccn2)cc1-c1cccc(-c2cc(-c3ccccn3)cc(SC)c2C(=O)OC)n1. The number of rotatable bonds is 7. The topological polar surface area (TPSA) is 112 Å². The average molecular weight is 564 g/mol. The van der Waals surface area contributed by atoms with Gasteiger partial charge in [-0.15, -0.1) is 11.8 Å². The Bertz CT molecular complexity index is 1740. The van der Waals surface area contributed by atoms with Gasteiger partial charge in [-0.2, -0.15) is 0 Å². The number of carbonyl (C=O) groups is 2. The summed E-state index contributed by atoms with van der Waals surface area (Å²) in [5.41, 5.74) is 4.82. The fourth-order valence-corrected chi connectivity index (χ4v) is 5.18. The Kier molecular flexibility index (Phi) is 8.07. The number of methoxy groups -OCH3 is 2. The molecule has 0 atom stereocenters. The molecule has 0 radical (unpaired) electrons. The van der Waals surface area contributed by atoms with Crippen molar-refractivity contribution in [2.45, 2.75) is 4.90 Å². The summed E-state index contributed by atoms with van der Waals surface area (Å²) < 4.78 is 10.1. The van der Waals surface area contributed by atoms with Crippen LogP contribution in [0.3, 0.4) is 0 Å². The van der Waals surface area contributed by atoms with Crippen molar-refractivity contribution in [2.24, 2.45) is 0 Å². The molecular weight excluding hydrogens is 538 g/mol. The van der Waals surface area contributed by atoms with Gasteiger partial charge in [-0.25, -0.2) is 14.6 Å². The molecule has 41 heavy (non-hydrogen) atoms. The number of pyridine rings is 3. The van der Waals surface area contributed by atoms with Crippen LogP contribution in [0.2, 0.25) is 0 Å². The smallest absolute Gasteiger partial charge is 0.342 e. The van der Waals surface area contributed by atoms with E-state index >= 15 is 0 Å². The van der Waals surface area contributed by atoms with Crippen LogP contribution >= 0.6 is 11.8 Å². The second kappa shape index (κ2) is 12.0. The zero-order chi connectivity index (χ0) is 28.9. The molecule has 204 valence electrons. The maximum atomic E-state index is 13.0. The minimum absolute atomic E-state index is 0.0305. The number of hydrogen-bond donors (Lipinski definition) is 1. The van der Waals surface area contributed by atoms with Crippen LogP contribution in [0.25, 0.3) is 45.0 Å². The Morgan fingerprint density at radius 2 is 1.20 bits per heavy atom. The molecule has 0 fully saturated rings. The van der Waals surface area contributed by atoms with E-state index in [1.165, 1.54) is 32.0 Å².